The van der Waals surface area contributed by atoms with Gasteiger partial charge in [-0.05, 0) is 24.6 Å². The average molecular weight is 377 g/mol. The van der Waals surface area contributed by atoms with Gasteiger partial charge in [0.1, 0.15) is 17.7 Å². The normalized spacial score (nSPS) is 22.8. The van der Waals surface area contributed by atoms with Crippen LogP contribution in [0.3, 0.4) is 0 Å². The van der Waals surface area contributed by atoms with E-state index in [-0.39, 0.29) is 30.7 Å². The number of amides is 2. The Bertz CT molecular complexity index is 754. The minimum absolute atomic E-state index is 0.0686. The van der Waals surface area contributed by atoms with Crippen molar-refractivity contribution in [2.24, 2.45) is 5.92 Å². The third kappa shape index (κ3) is 4.20. The standard InChI is InChI=1S/C19H24FN3O4/c1-3-13-10-22(7-6-18(13)25)17-5-4-14(8-16(17)20)23-11-15(27-19(23)26)9-21-12(2)24/h4-5,8,13,15H,3,6-7,9-11H2,1-2H3,(H,21,24)/t13?,15-/m0/s1. The van der Waals surface area contributed by atoms with E-state index in [2.05, 4.69) is 5.32 Å². The van der Waals surface area contributed by atoms with E-state index in [1.165, 1.54) is 17.9 Å². The molecule has 3 rings (SSSR count). The Balaban J connectivity index is 1.70. The van der Waals surface area contributed by atoms with Crippen LogP contribution in [0, 0.1) is 11.7 Å². The highest BCUT2D eigenvalue weighted by Crippen LogP contribution is 2.30. The van der Waals surface area contributed by atoms with Gasteiger partial charge in [0, 0.05) is 32.4 Å². The molecule has 2 fully saturated rings. The highest BCUT2D eigenvalue weighted by molar-refractivity contribution is 5.90. The van der Waals surface area contributed by atoms with Crippen LogP contribution in [-0.4, -0.2) is 50.1 Å². The number of rotatable bonds is 5. The van der Waals surface area contributed by atoms with Crippen LogP contribution in [0.1, 0.15) is 26.7 Å². The van der Waals surface area contributed by atoms with Gasteiger partial charge in [-0.2, -0.15) is 0 Å². The first-order chi connectivity index (χ1) is 12.9. The summed E-state index contributed by atoms with van der Waals surface area (Å²) in [4.78, 5) is 38.2. The van der Waals surface area contributed by atoms with Crippen molar-refractivity contribution in [3.8, 4) is 0 Å². The third-order valence-corrected chi connectivity index (χ3v) is 5.05. The molecule has 0 aromatic heterocycles. The number of anilines is 2. The van der Waals surface area contributed by atoms with Crippen LogP contribution < -0.4 is 15.1 Å². The van der Waals surface area contributed by atoms with Crippen molar-refractivity contribution in [2.45, 2.75) is 32.8 Å². The maximum absolute atomic E-state index is 14.7. The van der Waals surface area contributed by atoms with Crippen molar-refractivity contribution >= 4 is 29.2 Å². The van der Waals surface area contributed by atoms with Crippen LogP contribution >= 0.6 is 0 Å². The predicted octanol–water partition coefficient (Wildman–Crippen LogP) is 2.09. The topological polar surface area (TPSA) is 79.0 Å². The van der Waals surface area contributed by atoms with Crippen LogP contribution in [0.5, 0.6) is 0 Å². The summed E-state index contributed by atoms with van der Waals surface area (Å²) in [5.41, 5.74) is 0.846. The van der Waals surface area contributed by atoms with E-state index in [0.717, 1.165) is 6.42 Å². The van der Waals surface area contributed by atoms with Gasteiger partial charge in [0.25, 0.3) is 0 Å². The lowest BCUT2D eigenvalue weighted by atomic mass is 9.93. The molecule has 2 saturated heterocycles. The number of ketones is 1. The number of Topliss-reactive ketones (excluding diaryl/α,β-unsaturated/α-hetero) is 1. The Morgan fingerprint density at radius 2 is 2.11 bits per heavy atom. The summed E-state index contributed by atoms with van der Waals surface area (Å²) < 4.78 is 19.9. The van der Waals surface area contributed by atoms with E-state index in [1.54, 1.807) is 12.1 Å². The predicted molar refractivity (Wildman–Crippen MR) is 98.3 cm³/mol. The summed E-state index contributed by atoms with van der Waals surface area (Å²) in [5.74, 6) is -0.475. The van der Waals surface area contributed by atoms with Crippen molar-refractivity contribution in [1.29, 1.82) is 0 Å². The molecule has 0 saturated carbocycles. The zero-order chi connectivity index (χ0) is 19.6. The highest BCUT2D eigenvalue weighted by atomic mass is 19.1. The van der Waals surface area contributed by atoms with Crippen molar-refractivity contribution in [1.82, 2.24) is 5.32 Å². The molecule has 7 nitrogen and oxygen atoms in total. The van der Waals surface area contributed by atoms with Gasteiger partial charge < -0.3 is 15.0 Å². The molecule has 27 heavy (non-hydrogen) atoms. The second kappa shape index (κ2) is 7.94. The summed E-state index contributed by atoms with van der Waals surface area (Å²) in [5, 5.41) is 2.61. The molecule has 1 aromatic rings. The second-order valence-electron chi connectivity index (χ2n) is 6.96. The molecular formula is C19H24FN3O4. The number of piperidine rings is 1. The number of hydrogen-bond acceptors (Lipinski definition) is 5. The Morgan fingerprint density at radius 1 is 1.33 bits per heavy atom. The Morgan fingerprint density at radius 3 is 2.78 bits per heavy atom. The number of cyclic esters (lactones) is 1. The zero-order valence-corrected chi connectivity index (χ0v) is 15.5. The molecular weight excluding hydrogens is 353 g/mol. The number of carbonyl (C=O) groups excluding carboxylic acids is 3. The molecule has 0 bridgehead atoms. The van der Waals surface area contributed by atoms with Gasteiger partial charge in [0.05, 0.1) is 24.5 Å². The molecule has 0 spiro atoms. The maximum atomic E-state index is 14.7. The van der Waals surface area contributed by atoms with Gasteiger partial charge >= 0.3 is 6.09 Å². The van der Waals surface area contributed by atoms with Gasteiger partial charge in [-0.25, -0.2) is 9.18 Å². The van der Waals surface area contributed by atoms with Crippen LogP contribution in [-0.2, 0) is 14.3 Å². The van der Waals surface area contributed by atoms with Crippen LogP contribution in [0.2, 0.25) is 0 Å². The zero-order valence-electron chi connectivity index (χ0n) is 15.5. The fraction of sp³-hybridized carbons (Fsp3) is 0.526. The Labute approximate surface area is 157 Å². The van der Waals surface area contributed by atoms with Crippen LogP contribution in [0.15, 0.2) is 18.2 Å². The minimum atomic E-state index is -0.563. The highest BCUT2D eigenvalue weighted by Gasteiger charge is 2.33. The van der Waals surface area contributed by atoms with Crippen molar-refractivity contribution in [3.63, 3.8) is 0 Å². The first kappa shape index (κ1) is 19.1. The number of nitrogens with one attached hydrogen (secondary N) is 1. The third-order valence-electron chi connectivity index (χ3n) is 5.05. The monoisotopic (exact) mass is 377 g/mol. The lowest BCUT2D eigenvalue weighted by molar-refractivity contribution is -0.123. The fourth-order valence-corrected chi connectivity index (χ4v) is 3.50. The fourth-order valence-electron chi connectivity index (χ4n) is 3.50. The lowest BCUT2D eigenvalue weighted by Crippen LogP contribution is -2.41. The van der Waals surface area contributed by atoms with Crippen LogP contribution in [0.4, 0.5) is 20.6 Å². The molecule has 1 unspecified atom stereocenters. The lowest BCUT2D eigenvalue weighted by Gasteiger charge is -2.33. The first-order valence-electron chi connectivity index (χ1n) is 9.18. The number of ether oxygens (including phenoxy) is 1. The van der Waals surface area contributed by atoms with Crippen molar-refractivity contribution in [2.75, 3.05) is 36.0 Å². The molecule has 0 aliphatic carbocycles. The number of hydrogen-bond donors (Lipinski definition) is 1. The second-order valence-corrected chi connectivity index (χ2v) is 6.96. The summed E-state index contributed by atoms with van der Waals surface area (Å²) in [7, 11) is 0. The molecule has 8 heteroatoms. The van der Waals surface area contributed by atoms with E-state index in [1.807, 2.05) is 11.8 Å². The van der Waals surface area contributed by atoms with E-state index >= 15 is 0 Å². The van der Waals surface area contributed by atoms with Crippen molar-refractivity contribution in [3.05, 3.63) is 24.0 Å². The molecule has 2 amide bonds. The minimum Gasteiger partial charge on any atom is -0.442 e. The SMILES string of the molecule is CCC1CN(c2ccc(N3C[C@H](CNC(C)=O)OC3=O)cc2F)CCC1=O. The van der Waals surface area contributed by atoms with Crippen LogP contribution in [0.25, 0.3) is 0 Å². The largest absolute Gasteiger partial charge is 0.442 e. The van der Waals surface area contributed by atoms with E-state index in [9.17, 15) is 18.8 Å². The molecule has 2 atom stereocenters. The smallest absolute Gasteiger partial charge is 0.414 e. The summed E-state index contributed by atoms with van der Waals surface area (Å²) in [6.45, 7) is 4.82. The number of carbonyl (C=O) groups is 3. The van der Waals surface area contributed by atoms with E-state index in [0.29, 0.717) is 30.9 Å². The molecule has 2 heterocycles. The Hall–Kier alpha value is -2.64. The maximum Gasteiger partial charge on any atom is 0.414 e. The van der Waals surface area contributed by atoms with E-state index in [4.69, 9.17) is 4.74 Å². The quantitative estimate of drug-likeness (QED) is 0.850. The van der Waals surface area contributed by atoms with Gasteiger partial charge in [0.2, 0.25) is 5.91 Å². The summed E-state index contributed by atoms with van der Waals surface area (Å²) in [6.07, 6.45) is 0.127. The average Bonchev–Trinajstić information content (AvgIpc) is 3.01. The number of halogens is 1. The van der Waals surface area contributed by atoms with Gasteiger partial charge in [-0.3, -0.25) is 14.5 Å². The van der Waals surface area contributed by atoms with Gasteiger partial charge in [-0.1, -0.05) is 6.92 Å². The molecule has 1 aromatic carbocycles. The molecule has 1 N–H and O–H groups in total. The molecule has 146 valence electrons. The van der Waals surface area contributed by atoms with E-state index < -0.39 is 18.0 Å². The molecule has 2 aliphatic rings. The number of benzene rings is 1. The first-order valence-corrected chi connectivity index (χ1v) is 9.18. The van der Waals surface area contributed by atoms with Gasteiger partial charge in [-0.15, -0.1) is 0 Å². The Kier molecular flexibility index (Phi) is 5.62. The summed E-state index contributed by atoms with van der Waals surface area (Å²) >= 11 is 0. The number of nitrogens with zero attached hydrogens (tertiary/aromatic N) is 2. The van der Waals surface area contributed by atoms with Gasteiger partial charge in [0.15, 0.2) is 0 Å². The van der Waals surface area contributed by atoms with Crippen molar-refractivity contribution < 1.29 is 23.5 Å². The molecule has 0 radical (unpaired) electrons. The molecule has 2 aliphatic heterocycles. The summed E-state index contributed by atoms with van der Waals surface area (Å²) in [6, 6.07) is 4.63.